The maximum Gasteiger partial charge on any atom is 0.323 e. The van der Waals surface area contributed by atoms with Crippen molar-refractivity contribution in [3.63, 3.8) is 0 Å². The van der Waals surface area contributed by atoms with Crippen molar-refractivity contribution in [2.24, 2.45) is 10.1 Å². The Labute approximate surface area is 208 Å². The van der Waals surface area contributed by atoms with Crippen molar-refractivity contribution in [1.82, 2.24) is 15.2 Å². The standard InChI is InChI=1S/C24H25N5O4S2/c1-3-20-21(17-9-11-19(12-10-17)35(2,32)33)27-29(24(31)34-20)22(18-7-5-4-6-8-18)26-23(30)28-15-13-25-14-16-28/h4-15,20,22H,3,16H2,1-2H3,(H,26,30). The fourth-order valence-corrected chi connectivity index (χ4v) is 5.25. The number of benzene rings is 2. The van der Waals surface area contributed by atoms with Crippen LogP contribution < -0.4 is 5.32 Å². The second-order valence-electron chi connectivity index (χ2n) is 7.95. The number of nitrogens with one attached hydrogen (secondary N) is 1. The number of aliphatic imine (C=N–C) groups is 1. The van der Waals surface area contributed by atoms with Gasteiger partial charge in [0.15, 0.2) is 16.0 Å². The number of thioether (sulfide) groups is 1. The smallest absolute Gasteiger partial charge is 0.312 e. The van der Waals surface area contributed by atoms with Crippen molar-refractivity contribution >= 4 is 44.8 Å². The highest BCUT2D eigenvalue weighted by Crippen LogP contribution is 2.33. The van der Waals surface area contributed by atoms with E-state index in [4.69, 9.17) is 5.10 Å². The normalized spacial score (nSPS) is 18.9. The summed E-state index contributed by atoms with van der Waals surface area (Å²) in [7, 11) is -3.34. The van der Waals surface area contributed by atoms with Gasteiger partial charge in [-0.3, -0.25) is 14.7 Å². The van der Waals surface area contributed by atoms with Crippen LogP contribution in [-0.4, -0.2) is 59.6 Å². The minimum Gasteiger partial charge on any atom is -0.312 e. The quantitative estimate of drug-likeness (QED) is 0.630. The first-order valence-corrected chi connectivity index (χ1v) is 13.7. The predicted octanol–water partition coefficient (Wildman–Crippen LogP) is 4.01. The van der Waals surface area contributed by atoms with Crippen molar-refractivity contribution in [3.8, 4) is 0 Å². The molecule has 0 aromatic heterocycles. The molecule has 9 nitrogen and oxygen atoms in total. The number of hydrogen-bond acceptors (Lipinski definition) is 7. The van der Waals surface area contributed by atoms with Crippen LogP contribution in [0.1, 0.15) is 30.6 Å². The van der Waals surface area contributed by atoms with Gasteiger partial charge in [-0.05, 0) is 29.7 Å². The lowest BCUT2D eigenvalue weighted by molar-refractivity contribution is 0.174. The van der Waals surface area contributed by atoms with Crippen LogP contribution in [0.3, 0.4) is 0 Å². The van der Waals surface area contributed by atoms with Crippen molar-refractivity contribution in [3.05, 3.63) is 78.1 Å². The van der Waals surface area contributed by atoms with E-state index in [9.17, 15) is 18.0 Å². The Morgan fingerprint density at radius 3 is 2.49 bits per heavy atom. The van der Waals surface area contributed by atoms with E-state index in [1.807, 2.05) is 37.3 Å². The summed E-state index contributed by atoms with van der Waals surface area (Å²) in [6.45, 7) is 2.27. The van der Waals surface area contributed by atoms with Crippen LogP contribution in [-0.2, 0) is 9.84 Å². The second kappa shape index (κ2) is 10.4. The predicted molar refractivity (Wildman–Crippen MR) is 137 cm³/mol. The highest BCUT2D eigenvalue weighted by molar-refractivity contribution is 8.14. The number of carbonyl (C=O) groups excluding carboxylic acids is 2. The molecule has 35 heavy (non-hydrogen) atoms. The van der Waals surface area contributed by atoms with Crippen LogP contribution in [0.15, 0.2) is 82.0 Å². The molecular formula is C24H25N5O4S2. The van der Waals surface area contributed by atoms with Gasteiger partial charge in [0.1, 0.15) is 0 Å². The molecule has 0 saturated carbocycles. The summed E-state index contributed by atoms with van der Waals surface area (Å²) in [5.74, 6) is 0. The molecule has 2 heterocycles. The minimum absolute atomic E-state index is 0.207. The van der Waals surface area contributed by atoms with E-state index in [2.05, 4.69) is 10.3 Å². The van der Waals surface area contributed by atoms with Crippen LogP contribution in [0.25, 0.3) is 0 Å². The Hall–Kier alpha value is -3.44. The zero-order valence-corrected chi connectivity index (χ0v) is 20.9. The zero-order valence-electron chi connectivity index (χ0n) is 19.2. The van der Waals surface area contributed by atoms with E-state index in [0.717, 1.165) is 18.0 Å². The summed E-state index contributed by atoms with van der Waals surface area (Å²) in [6.07, 6.45) is 5.65. The van der Waals surface area contributed by atoms with Crippen molar-refractivity contribution < 1.29 is 18.0 Å². The molecule has 2 unspecified atom stereocenters. The van der Waals surface area contributed by atoms with Gasteiger partial charge in [0.25, 0.3) is 0 Å². The lowest BCUT2D eigenvalue weighted by Gasteiger charge is -2.35. The molecule has 2 atom stereocenters. The van der Waals surface area contributed by atoms with Gasteiger partial charge in [-0.15, -0.1) is 0 Å². The van der Waals surface area contributed by atoms with E-state index in [1.165, 1.54) is 28.2 Å². The third kappa shape index (κ3) is 5.63. The molecule has 0 fully saturated rings. The third-order valence-corrected chi connectivity index (χ3v) is 7.86. The molecule has 182 valence electrons. The minimum atomic E-state index is -3.34. The van der Waals surface area contributed by atoms with E-state index in [-0.39, 0.29) is 15.4 Å². The first-order valence-electron chi connectivity index (χ1n) is 11.0. The Morgan fingerprint density at radius 1 is 1.17 bits per heavy atom. The third-order valence-electron chi connectivity index (χ3n) is 5.50. The van der Waals surface area contributed by atoms with Crippen LogP contribution in [0, 0.1) is 0 Å². The summed E-state index contributed by atoms with van der Waals surface area (Å²) in [6, 6.07) is 15.2. The van der Waals surface area contributed by atoms with Gasteiger partial charge in [-0.2, -0.15) is 10.1 Å². The molecule has 0 spiro atoms. The average molecular weight is 512 g/mol. The van der Waals surface area contributed by atoms with Crippen molar-refractivity contribution in [2.75, 3.05) is 12.8 Å². The Morgan fingerprint density at radius 2 is 1.89 bits per heavy atom. The molecule has 0 aliphatic carbocycles. The fourth-order valence-electron chi connectivity index (χ4n) is 3.66. The lowest BCUT2D eigenvalue weighted by atomic mass is 10.1. The van der Waals surface area contributed by atoms with Crippen LogP contribution in [0.5, 0.6) is 0 Å². The van der Waals surface area contributed by atoms with Crippen LogP contribution in [0.4, 0.5) is 9.59 Å². The van der Waals surface area contributed by atoms with Gasteiger partial charge in [0.05, 0.1) is 22.4 Å². The summed E-state index contributed by atoms with van der Waals surface area (Å²) < 4.78 is 23.7. The number of nitrogens with zero attached hydrogens (tertiary/aromatic N) is 4. The number of sulfone groups is 1. The molecular weight excluding hydrogens is 486 g/mol. The number of hydrogen-bond donors (Lipinski definition) is 1. The Kier molecular flexibility index (Phi) is 7.37. The highest BCUT2D eigenvalue weighted by atomic mass is 32.2. The zero-order chi connectivity index (χ0) is 25.0. The average Bonchev–Trinajstić information content (AvgIpc) is 2.88. The number of carbonyl (C=O) groups is 2. The summed E-state index contributed by atoms with van der Waals surface area (Å²) in [5.41, 5.74) is 2.04. The lowest BCUT2D eigenvalue weighted by Crippen LogP contribution is -2.48. The Bertz CT molecular complexity index is 1290. The maximum absolute atomic E-state index is 13.2. The van der Waals surface area contributed by atoms with Crippen LogP contribution in [0.2, 0.25) is 0 Å². The molecule has 2 aliphatic rings. The van der Waals surface area contributed by atoms with Gasteiger partial charge in [0.2, 0.25) is 0 Å². The fraction of sp³-hybridized carbons (Fsp3) is 0.250. The topological polar surface area (TPSA) is 112 Å². The SMILES string of the molecule is CCC1SC(=O)N(C(NC(=O)N2C=CN=CC2)c2ccccc2)N=C1c1ccc(S(C)(=O)=O)cc1. The molecule has 2 aromatic carbocycles. The monoisotopic (exact) mass is 511 g/mol. The molecule has 0 saturated heterocycles. The summed E-state index contributed by atoms with van der Waals surface area (Å²) >= 11 is 1.13. The largest absolute Gasteiger partial charge is 0.323 e. The van der Waals surface area contributed by atoms with Gasteiger partial charge in [0, 0.05) is 24.9 Å². The van der Waals surface area contributed by atoms with Crippen molar-refractivity contribution in [1.29, 1.82) is 0 Å². The maximum atomic E-state index is 13.2. The molecule has 2 aliphatic heterocycles. The number of hydrazone groups is 1. The van der Waals surface area contributed by atoms with E-state index < -0.39 is 22.0 Å². The molecule has 11 heteroatoms. The van der Waals surface area contributed by atoms with E-state index in [1.54, 1.807) is 24.5 Å². The number of urea groups is 1. The first-order chi connectivity index (χ1) is 16.8. The molecule has 4 rings (SSSR count). The highest BCUT2D eigenvalue weighted by Gasteiger charge is 2.36. The second-order valence-corrected chi connectivity index (χ2v) is 11.1. The summed E-state index contributed by atoms with van der Waals surface area (Å²) in [5, 5.41) is 8.40. The number of rotatable bonds is 6. The van der Waals surface area contributed by atoms with Gasteiger partial charge < -0.3 is 5.32 Å². The van der Waals surface area contributed by atoms with Crippen molar-refractivity contribution in [2.45, 2.75) is 29.7 Å². The van der Waals surface area contributed by atoms with Gasteiger partial charge in [-0.25, -0.2) is 13.2 Å². The summed E-state index contributed by atoms with van der Waals surface area (Å²) in [4.78, 5) is 31.8. The van der Waals surface area contributed by atoms with E-state index in [0.29, 0.717) is 29.8 Å². The van der Waals surface area contributed by atoms with Gasteiger partial charge >= 0.3 is 11.3 Å². The first kappa shape index (κ1) is 24.7. The van der Waals surface area contributed by atoms with Crippen LogP contribution >= 0.6 is 11.8 Å². The molecule has 0 radical (unpaired) electrons. The van der Waals surface area contributed by atoms with E-state index >= 15 is 0 Å². The Balaban J connectivity index is 1.72. The molecule has 0 bridgehead atoms. The molecule has 1 N–H and O–H groups in total. The molecule has 3 amide bonds. The number of amides is 3. The van der Waals surface area contributed by atoms with Gasteiger partial charge in [-0.1, -0.05) is 61.2 Å². The molecule has 2 aromatic rings.